The third-order valence-corrected chi connectivity index (χ3v) is 10.7. The van der Waals surface area contributed by atoms with Crippen LogP contribution in [-0.2, 0) is 23.9 Å². The highest BCUT2D eigenvalue weighted by Crippen LogP contribution is 2.70. The fourth-order valence-electron chi connectivity index (χ4n) is 8.60. The molecule has 0 aromatic carbocycles. The first-order valence-electron chi connectivity index (χ1n) is 12.1. The van der Waals surface area contributed by atoms with Crippen LogP contribution in [0.5, 0.6) is 0 Å². The summed E-state index contributed by atoms with van der Waals surface area (Å²) in [4.78, 5) is 36.0. The van der Waals surface area contributed by atoms with Gasteiger partial charge in [-0.1, -0.05) is 6.92 Å². The standard InChI is InChI=1S/C25H33ClO7/c1-14(28)33-16-3-7-23(13-27)18-4-6-22(2)17(15-9-21(29)32-12-15)5-8-24(22,30)19(18)10-20(26)25(23,31)11-16/h9,13,16-20,30-31H,3-8,10-12H2,1-2H3. The van der Waals surface area contributed by atoms with Crippen molar-refractivity contribution in [1.29, 1.82) is 0 Å². The fraction of sp³-hybridized carbons (Fsp3) is 0.800. The maximum absolute atomic E-state index is 12.8. The summed E-state index contributed by atoms with van der Waals surface area (Å²) in [5.41, 5.74) is -3.14. The van der Waals surface area contributed by atoms with Crippen molar-refractivity contribution in [3.63, 3.8) is 0 Å². The van der Waals surface area contributed by atoms with E-state index in [-0.39, 0.29) is 36.8 Å². The van der Waals surface area contributed by atoms with Gasteiger partial charge in [0.2, 0.25) is 0 Å². The number of alkyl halides is 1. The lowest BCUT2D eigenvalue weighted by atomic mass is 9.41. The zero-order valence-corrected chi connectivity index (χ0v) is 20.0. The van der Waals surface area contributed by atoms with Crippen LogP contribution < -0.4 is 0 Å². The Morgan fingerprint density at radius 3 is 2.58 bits per heavy atom. The van der Waals surface area contributed by atoms with Crippen LogP contribution in [-0.4, -0.2) is 57.7 Å². The molecule has 9 unspecified atom stereocenters. The number of carbonyl (C=O) groups excluding carboxylic acids is 3. The normalized spacial score (nSPS) is 51.0. The lowest BCUT2D eigenvalue weighted by Crippen LogP contribution is -2.72. The summed E-state index contributed by atoms with van der Waals surface area (Å²) in [5.74, 6) is -1.15. The summed E-state index contributed by atoms with van der Waals surface area (Å²) in [6, 6.07) is 0. The van der Waals surface area contributed by atoms with Crippen molar-refractivity contribution >= 4 is 29.8 Å². The molecule has 0 bridgehead atoms. The van der Waals surface area contributed by atoms with Gasteiger partial charge in [0.1, 0.15) is 19.0 Å². The van der Waals surface area contributed by atoms with Crippen LogP contribution in [0.15, 0.2) is 11.6 Å². The van der Waals surface area contributed by atoms with Crippen molar-refractivity contribution in [2.75, 3.05) is 6.61 Å². The SMILES string of the molecule is CC(=O)OC1CCC2(C=O)C3CCC4(C)C(C5=CC(=O)OC5)CCC4(O)C3CC(Cl)C2(O)C1. The van der Waals surface area contributed by atoms with Gasteiger partial charge in [0.25, 0.3) is 0 Å². The molecule has 0 amide bonds. The minimum atomic E-state index is -1.49. The van der Waals surface area contributed by atoms with E-state index in [1.807, 2.05) is 0 Å². The van der Waals surface area contributed by atoms with E-state index < -0.39 is 39.5 Å². The summed E-state index contributed by atoms with van der Waals surface area (Å²) in [5, 5.41) is 23.4. The molecule has 9 atom stereocenters. The highest BCUT2D eigenvalue weighted by molar-refractivity contribution is 6.21. The maximum atomic E-state index is 12.8. The lowest BCUT2D eigenvalue weighted by Gasteiger charge is -2.66. The molecule has 33 heavy (non-hydrogen) atoms. The Morgan fingerprint density at radius 2 is 1.94 bits per heavy atom. The topological polar surface area (TPSA) is 110 Å². The maximum Gasteiger partial charge on any atom is 0.331 e. The first-order chi connectivity index (χ1) is 15.5. The molecule has 1 heterocycles. The first-order valence-corrected chi connectivity index (χ1v) is 12.5. The van der Waals surface area contributed by atoms with Crippen LogP contribution in [0.1, 0.15) is 65.2 Å². The average Bonchev–Trinajstić information content (AvgIpc) is 3.29. The quantitative estimate of drug-likeness (QED) is 0.363. The molecule has 5 rings (SSSR count). The highest BCUT2D eigenvalue weighted by Gasteiger charge is 2.73. The summed E-state index contributed by atoms with van der Waals surface area (Å²) in [6.07, 6.45) is 6.04. The van der Waals surface area contributed by atoms with Gasteiger partial charge in [0, 0.05) is 24.8 Å². The highest BCUT2D eigenvalue weighted by atomic mass is 35.5. The second-order valence-electron chi connectivity index (χ2n) is 11.3. The smallest absolute Gasteiger partial charge is 0.331 e. The Bertz CT molecular complexity index is 918. The second-order valence-corrected chi connectivity index (χ2v) is 11.8. The van der Waals surface area contributed by atoms with Crippen molar-refractivity contribution in [1.82, 2.24) is 0 Å². The molecule has 7 nitrogen and oxygen atoms in total. The monoisotopic (exact) mass is 480 g/mol. The largest absolute Gasteiger partial charge is 0.462 e. The molecule has 0 radical (unpaired) electrons. The molecule has 0 aromatic heterocycles. The Labute approximate surface area is 198 Å². The Balaban J connectivity index is 1.50. The Morgan fingerprint density at radius 1 is 1.18 bits per heavy atom. The fourth-order valence-corrected chi connectivity index (χ4v) is 9.09. The average molecular weight is 481 g/mol. The number of hydrogen-bond acceptors (Lipinski definition) is 7. The van der Waals surface area contributed by atoms with Gasteiger partial charge in [-0.3, -0.25) is 4.79 Å². The predicted octanol–water partition coefficient (Wildman–Crippen LogP) is 2.69. The van der Waals surface area contributed by atoms with Gasteiger partial charge in [0.05, 0.1) is 22.0 Å². The Kier molecular flexibility index (Phi) is 5.32. The molecule has 8 heteroatoms. The summed E-state index contributed by atoms with van der Waals surface area (Å²) in [7, 11) is 0. The van der Waals surface area contributed by atoms with E-state index in [0.717, 1.165) is 18.3 Å². The zero-order valence-electron chi connectivity index (χ0n) is 19.2. The van der Waals surface area contributed by atoms with E-state index in [1.165, 1.54) is 6.92 Å². The van der Waals surface area contributed by atoms with E-state index in [2.05, 4.69) is 6.92 Å². The van der Waals surface area contributed by atoms with Crippen LogP contribution in [0.25, 0.3) is 0 Å². The summed E-state index contributed by atoms with van der Waals surface area (Å²) >= 11 is 6.87. The van der Waals surface area contributed by atoms with Gasteiger partial charge in [-0.05, 0) is 68.3 Å². The van der Waals surface area contributed by atoms with Crippen LogP contribution in [0.2, 0.25) is 0 Å². The number of esters is 2. The molecule has 182 valence electrons. The number of rotatable bonds is 3. The van der Waals surface area contributed by atoms with Gasteiger partial charge in [-0.2, -0.15) is 0 Å². The number of hydrogen-bond donors (Lipinski definition) is 2. The number of aldehydes is 1. The lowest BCUT2D eigenvalue weighted by molar-refractivity contribution is -0.247. The first kappa shape index (κ1) is 23.3. The van der Waals surface area contributed by atoms with Gasteiger partial charge < -0.3 is 24.5 Å². The number of aliphatic hydroxyl groups is 2. The van der Waals surface area contributed by atoms with Gasteiger partial charge >= 0.3 is 11.9 Å². The molecule has 2 N–H and O–H groups in total. The summed E-state index contributed by atoms with van der Waals surface area (Å²) in [6.45, 7) is 3.71. The van der Waals surface area contributed by atoms with Crippen molar-refractivity contribution in [2.24, 2.45) is 28.6 Å². The molecule has 1 aliphatic heterocycles. The molecule has 4 fully saturated rings. The van der Waals surface area contributed by atoms with Crippen molar-refractivity contribution in [3.8, 4) is 0 Å². The van der Waals surface area contributed by atoms with Crippen LogP contribution in [0, 0.1) is 28.6 Å². The van der Waals surface area contributed by atoms with Crippen molar-refractivity contribution in [2.45, 2.75) is 87.9 Å². The molecule has 0 aromatic rings. The second kappa shape index (κ2) is 7.53. The minimum absolute atomic E-state index is 0.0383. The Hall–Kier alpha value is -1.44. The third-order valence-electron chi connectivity index (χ3n) is 10.2. The van der Waals surface area contributed by atoms with Crippen LogP contribution >= 0.6 is 11.6 Å². The van der Waals surface area contributed by atoms with Crippen molar-refractivity contribution in [3.05, 3.63) is 11.6 Å². The van der Waals surface area contributed by atoms with E-state index in [1.54, 1.807) is 6.08 Å². The molecular weight excluding hydrogens is 448 g/mol. The van der Waals surface area contributed by atoms with Gasteiger partial charge in [0.15, 0.2) is 0 Å². The number of cyclic esters (lactones) is 1. The van der Waals surface area contributed by atoms with Crippen LogP contribution in [0.4, 0.5) is 0 Å². The molecule has 5 aliphatic rings. The van der Waals surface area contributed by atoms with Gasteiger partial charge in [-0.25, -0.2) is 4.79 Å². The molecular formula is C25H33ClO7. The number of halogens is 1. The summed E-state index contributed by atoms with van der Waals surface area (Å²) < 4.78 is 10.6. The van der Waals surface area contributed by atoms with E-state index >= 15 is 0 Å². The van der Waals surface area contributed by atoms with Gasteiger partial charge in [-0.15, -0.1) is 11.6 Å². The van der Waals surface area contributed by atoms with E-state index in [9.17, 15) is 24.6 Å². The molecule has 4 saturated carbocycles. The molecule has 0 spiro atoms. The molecule has 4 aliphatic carbocycles. The number of carbonyl (C=O) groups is 3. The number of ether oxygens (including phenoxy) is 2. The van der Waals surface area contributed by atoms with E-state index in [0.29, 0.717) is 38.5 Å². The van der Waals surface area contributed by atoms with Crippen molar-refractivity contribution < 1.29 is 34.1 Å². The zero-order chi connectivity index (χ0) is 23.8. The van der Waals surface area contributed by atoms with E-state index in [4.69, 9.17) is 21.1 Å². The molecule has 0 saturated heterocycles. The minimum Gasteiger partial charge on any atom is -0.462 e. The third kappa shape index (κ3) is 2.97. The predicted molar refractivity (Wildman–Crippen MR) is 118 cm³/mol. The van der Waals surface area contributed by atoms with Crippen LogP contribution in [0.3, 0.4) is 0 Å². The number of fused-ring (bicyclic) bond motifs is 5.